The lowest BCUT2D eigenvalue weighted by molar-refractivity contribution is 0.0528. The molecule has 0 aliphatic rings. The molecule has 0 aliphatic carbocycles. The standard InChI is InChI=1S/C13H11IO2S/c1-2-16-13(15)12-8-17-7-11(12)9-3-5-10(14)6-4-9/h3-8H,2H2,1H3. The predicted molar refractivity (Wildman–Crippen MR) is 78.4 cm³/mol. The Morgan fingerprint density at radius 2 is 2.00 bits per heavy atom. The summed E-state index contributed by atoms with van der Waals surface area (Å²) in [6.45, 7) is 2.22. The van der Waals surface area contributed by atoms with Gasteiger partial charge >= 0.3 is 5.97 Å². The number of halogens is 1. The molecule has 0 bridgehead atoms. The van der Waals surface area contributed by atoms with Gasteiger partial charge in [0.15, 0.2) is 0 Å². The highest BCUT2D eigenvalue weighted by molar-refractivity contribution is 14.1. The van der Waals surface area contributed by atoms with Gasteiger partial charge in [-0.25, -0.2) is 4.79 Å². The lowest BCUT2D eigenvalue weighted by Crippen LogP contribution is -2.04. The molecule has 0 amide bonds. The number of rotatable bonds is 3. The molecule has 2 aromatic rings. The molecule has 0 spiro atoms. The lowest BCUT2D eigenvalue weighted by atomic mass is 10.1. The van der Waals surface area contributed by atoms with Gasteiger partial charge in [-0.15, -0.1) is 0 Å². The summed E-state index contributed by atoms with van der Waals surface area (Å²) in [7, 11) is 0. The van der Waals surface area contributed by atoms with Gasteiger partial charge in [0.25, 0.3) is 0 Å². The van der Waals surface area contributed by atoms with Crippen LogP contribution in [0.2, 0.25) is 0 Å². The maximum Gasteiger partial charge on any atom is 0.339 e. The number of esters is 1. The number of carbonyl (C=O) groups excluding carboxylic acids is 1. The minimum Gasteiger partial charge on any atom is -0.462 e. The van der Waals surface area contributed by atoms with Crippen molar-refractivity contribution in [2.45, 2.75) is 6.92 Å². The van der Waals surface area contributed by atoms with E-state index in [-0.39, 0.29) is 5.97 Å². The first kappa shape index (κ1) is 12.6. The van der Waals surface area contributed by atoms with E-state index in [4.69, 9.17) is 4.74 Å². The van der Waals surface area contributed by atoms with Crippen molar-refractivity contribution in [1.82, 2.24) is 0 Å². The van der Waals surface area contributed by atoms with Crippen LogP contribution >= 0.6 is 33.9 Å². The van der Waals surface area contributed by atoms with Gasteiger partial charge in [-0.3, -0.25) is 0 Å². The number of thiophene rings is 1. The average Bonchev–Trinajstić information content (AvgIpc) is 2.79. The molecular formula is C13H11IO2S. The van der Waals surface area contributed by atoms with Gasteiger partial charge in [0.05, 0.1) is 12.2 Å². The third-order valence-electron chi connectivity index (χ3n) is 2.31. The quantitative estimate of drug-likeness (QED) is 0.607. The maximum atomic E-state index is 11.7. The van der Waals surface area contributed by atoms with Gasteiger partial charge in [0, 0.05) is 14.5 Å². The Hall–Kier alpha value is -0.880. The molecule has 1 heterocycles. The molecule has 2 rings (SSSR count). The molecule has 1 aromatic heterocycles. The summed E-state index contributed by atoms with van der Waals surface area (Å²) in [5.41, 5.74) is 2.65. The average molecular weight is 358 g/mol. The first-order valence-corrected chi connectivity index (χ1v) is 7.23. The van der Waals surface area contributed by atoms with Gasteiger partial charge in [-0.2, -0.15) is 11.3 Å². The topological polar surface area (TPSA) is 26.3 Å². The van der Waals surface area contributed by atoms with Gasteiger partial charge in [-0.05, 0) is 52.6 Å². The largest absolute Gasteiger partial charge is 0.462 e. The molecule has 0 saturated carbocycles. The van der Waals surface area contributed by atoms with Gasteiger partial charge in [0.2, 0.25) is 0 Å². The van der Waals surface area contributed by atoms with Crippen LogP contribution in [0.15, 0.2) is 35.0 Å². The molecule has 17 heavy (non-hydrogen) atoms. The maximum absolute atomic E-state index is 11.7. The van der Waals surface area contributed by atoms with Gasteiger partial charge < -0.3 is 4.74 Å². The van der Waals surface area contributed by atoms with Crippen molar-refractivity contribution < 1.29 is 9.53 Å². The zero-order valence-electron chi connectivity index (χ0n) is 9.27. The fourth-order valence-electron chi connectivity index (χ4n) is 1.52. The summed E-state index contributed by atoms with van der Waals surface area (Å²) in [5, 5.41) is 3.82. The normalized spacial score (nSPS) is 10.2. The third-order valence-corrected chi connectivity index (χ3v) is 3.78. The summed E-state index contributed by atoms with van der Waals surface area (Å²) in [4.78, 5) is 11.7. The van der Waals surface area contributed by atoms with Crippen molar-refractivity contribution in [1.29, 1.82) is 0 Å². The number of ether oxygens (including phenoxy) is 1. The summed E-state index contributed by atoms with van der Waals surface area (Å²) in [6, 6.07) is 8.10. The van der Waals surface area contributed by atoms with E-state index in [0.717, 1.165) is 11.1 Å². The smallest absolute Gasteiger partial charge is 0.339 e. The zero-order chi connectivity index (χ0) is 12.3. The minimum atomic E-state index is -0.248. The van der Waals surface area contributed by atoms with E-state index >= 15 is 0 Å². The van der Waals surface area contributed by atoms with E-state index in [9.17, 15) is 4.79 Å². The number of hydrogen-bond acceptors (Lipinski definition) is 3. The molecule has 0 atom stereocenters. The van der Waals surface area contributed by atoms with Crippen molar-refractivity contribution in [2.24, 2.45) is 0 Å². The fourth-order valence-corrected chi connectivity index (χ4v) is 2.70. The Kier molecular flexibility index (Phi) is 4.17. The van der Waals surface area contributed by atoms with Gasteiger partial charge in [-0.1, -0.05) is 12.1 Å². The second-order valence-electron chi connectivity index (χ2n) is 3.43. The molecule has 4 heteroatoms. The van der Waals surface area contributed by atoms with Crippen LogP contribution in [0.5, 0.6) is 0 Å². The first-order valence-electron chi connectivity index (χ1n) is 5.21. The van der Waals surface area contributed by atoms with Crippen molar-refractivity contribution in [2.75, 3.05) is 6.61 Å². The zero-order valence-corrected chi connectivity index (χ0v) is 12.2. The first-order chi connectivity index (χ1) is 8.22. The molecule has 0 aliphatic heterocycles. The lowest BCUT2D eigenvalue weighted by Gasteiger charge is -2.04. The molecule has 0 N–H and O–H groups in total. The molecule has 0 radical (unpaired) electrons. The predicted octanol–water partition coefficient (Wildman–Crippen LogP) is 4.20. The second-order valence-corrected chi connectivity index (χ2v) is 5.42. The molecule has 2 nitrogen and oxygen atoms in total. The van der Waals surface area contributed by atoms with Crippen LogP contribution in [0.1, 0.15) is 17.3 Å². The second kappa shape index (κ2) is 5.64. The summed E-state index contributed by atoms with van der Waals surface area (Å²) in [5.74, 6) is -0.248. The minimum absolute atomic E-state index is 0.248. The Bertz CT molecular complexity index is 516. The van der Waals surface area contributed by atoms with Crippen LogP contribution in [0.3, 0.4) is 0 Å². The van der Waals surface area contributed by atoms with Crippen molar-refractivity contribution in [3.8, 4) is 11.1 Å². The fraction of sp³-hybridized carbons (Fsp3) is 0.154. The van der Waals surface area contributed by atoms with Crippen LogP contribution in [-0.4, -0.2) is 12.6 Å². The Labute approximate surface area is 118 Å². The summed E-state index contributed by atoms with van der Waals surface area (Å²) in [6.07, 6.45) is 0. The Morgan fingerprint density at radius 3 is 2.65 bits per heavy atom. The summed E-state index contributed by atoms with van der Waals surface area (Å²) < 4.78 is 6.22. The van der Waals surface area contributed by atoms with E-state index in [1.807, 2.05) is 41.9 Å². The molecule has 88 valence electrons. The van der Waals surface area contributed by atoms with E-state index in [2.05, 4.69) is 22.6 Å². The van der Waals surface area contributed by atoms with Crippen LogP contribution in [-0.2, 0) is 4.74 Å². The van der Waals surface area contributed by atoms with Crippen molar-refractivity contribution in [3.05, 3.63) is 44.2 Å². The van der Waals surface area contributed by atoms with E-state index in [1.165, 1.54) is 14.9 Å². The Morgan fingerprint density at radius 1 is 1.29 bits per heavy atom. The number of carbonyl (C=O) groups is 1. The molecule has 0 fully saturated rings. The number of hydrogen-bond donors (Lipinski definition) is 0. The molecule has 0 unspecified atom stereocenters. The van der Waals surface area contributed by atoms with Crippen LogP contribution < -0.4 is 0 Å². The van der Waals surface area contributed by atoms with Gasteiger partial charge in [0.1, 0.15) is 0 Å². The molecule has 0 saturated heterocycles. The summed E-state index contributed by atoms with van der Waals surface area (Å²) >= 11 is 3.78. The van der Waals surface area contributed by atoms with E-state index < -0.39 is 0 Å². The highest BCUT2D eigenvalue weighted by Gasteiger charge is 2.14. The molecule has 1 aromatic carbocycles. The Balaban J connectivity index is 2.36. The van der Waals surface area contributed by atoms with Crippen LogP contribution in [0.25, 0.3) is 11.1 Å². The highest BCUT2D eigenvalue weighted by atomic mass is 127. The van der Waals surface area contributed by atoms with Crippen LogP contribution in [0.4, 0.5) is 0 Å². The SMILES string of the molecule is CCOC(=O)c1cscc1-c1ccc(I)cc1. The monoisotopic (exact) mass is 358 g/mol. The van der Waals surface area contributed by atoms with Crippen molar-refractivity contribution >= 4 is 39.9 Å². The molecular weight excluding hydrogens is 347 g/mol. The van der Waals surface area contributed by atoms with E-state index in [1.54, 1.807) is 0 Å². The highest BCUT2D eigenvalue weighted by Crippen LogP contribution is 2.28. The van der Waals surface area contributed by atoms with Crippen molar-refractivity contribution in [3.63, 3.8) is 0 Å². The van der Waals surface area contributed by atoms with Crippen LogP contribution in [0, 0.1) is 3.57 Å². The van der Waals surface area contributed by atoms with E-state index in [0.29, 0.717) is 12.2 Å². The number of benzene rings is 1. The third kappa shape index (κ3) is 2.87.